The van der Waals surface area contributed by atoms with Crippen LogP contribution in [0, 0.1) is 5.41 Å². The lowest BCUT2D eigenvalue weighted by Crippen LogP contribution is -2.76. The number of benzene rings is 6. The number of fused-ring (bicyclic) bond motifs is 8. The Hall–Kier alpha value is -5.07. The molecule has 9 rings (SSSR count). The molecule has 3 heterocycles. The molecule has 214 valence electrons. The van der Waals surface area contributed by atoms with Gasteiger partial charge in [-0.15, -0.1) is 22.7 Å². The molecule has 0 saturated heterocycles. The Bertz CT molecular complexity index is 2650. The van der Waals surface area contributed by atoms with Crippen LogP contribution >= 0.6 is 22.7 Å². The van der Waals surface area contributed by atoms with E-state index in [0.29, 0.717) is 0 Å². The van der Waals surface area contributed by atoms with Gasteiger partial charge in [0.25, 0.3) is 0 Å². The zero-order valence-electron chi connectivity index (χ0n) is 24.5. The van der Waals surface area contributed by atoms with Crippen LogP contribution < -0.4 is 5.32 Å². The Morgan fingerprint density at radius 3 is 2.27 bits per heavy atom. The number of allylic oxidation sites excluding steroid dienone is 1. The molecule has 0 bridgehead atoms. The number of nitrogens with two attached hydrogens (primary N) is 1. The van der Waals surface area contributed by atoms with Gasteiger partial charge in [-0.2, -0.15) is 0 Å². The molecule has 0 fully saturated rings. The molecule has 5 heteroatoms. The van der Waals surface area contributed by atoms with Crippen LogP contribution in [0.25, 0.3) is 85.2 Å². The van der Waals surface area contributed by atoms with Crippen LogP contribution in [-0.2, 0) is 0 Å². The molecule has 0 aliphatic heterocycles. The zero-order chi connectivity index (χ0) is 30.1. The van der Waals surface area contributed by atoms with Gasteiger partial charge in [0, 0.05) is 70.9 Å². The lowest BCUT2D eigenvalue weighted by molar-refractivity contribution is -0.530. The predicted molar refractivity (Wildman–Crippen MR) is 197 cm³/mol. The van der Waals surface area contributed by atoms with Crippen LogP contribution in [0.1, 0.15) is 5.56 Å². The van der Waals surface area contributed by atoms with Gasteiger partial charge in [-0.1, -0.05) is 54.6 Å². The fourth-order valence-electron chi connectivity index (χ4n) is 7.06. The molecule has 0 atom stereocenters. The van der Waals surface area contributed by atoms with Crippen molar-refractivity contribution in [1.29, 1.82) is 5.41 Å². The average molecular weight is 615 g/mol. The normalized spacial score (nSPS) is 12.4. The molecular formula is C40H28N3S2+. The summed E-state index contributed by atoms with van der Waals surface area (Å²) in [5.41, 5.74) is 7.01. The van der Waals surface area contributed by atoms with Gasteiger partial charge in [0.1, 0.15) is 5.70 Å². The predicted octanol–water partition coefficient (Wildman–Crippen LogP) is 10.4. The molecule has 6 aromatic carbocycles. The summed E-state index contributed by atoms with van der Waals surface area (Å²) in [6.07, 6.45) is 5.54. The number of hydrogen-bond donors (Lipinski definition) is 2. The maximum absolute atomic E-state index is 8.14. The van der Waals surface area contributed by atoms with E-state index >= 15 is 0 Å². The molecule has 0 aliphatic carbocycles. The minimum atomic E-state index is 1.05. The van der Waals surface area contributed by atoms with E-state index in [2.05, 4.69) is 138 Å². The topological polar surface area (TPSA) is 45.4 Å². The van der Waals surface area contributed by atoms with Crippen LogP contribution in [-0.4, -0.2) is 17.8 Å². The maximum Gasteiger partial charge on any atom is 0.139 e. The number of hydrogen-bond acceptors (Lipinski definition) is 3. The molecule has 3 aromatic heterocycles. The standard InChI is InChI=1S/C40H27N3S2/c1-42-34(15-17-41)40-32-21-35-24(16-18-43(35)25-9-3-2-4-10-25)19-28(32)29-22-38-30(26-11-6-8-14-37(26)45-38)20-31(29)39(40)33-23-44-36-13-7-5-12-27(33)36/h2-23,41-42H,1H3/p+1. The SMILES string of the molecule is C[NH2+]C(=CC=N)c1c(-c2csc3ccccc23)c2cc3c(cc2c2cc4ccn(-c5ccccc5)c4cc12)sc1ccccc13. The van der Waals surface area contributed by atoms with Crippen molar-refractivity contribution in [3.05, 3.63) is 132 Å². The Labute approximate surface area is 267 Å². The van der Waals surface area contributed by atoms with Crippen molar-refractivity contribution in [1.82, 2.24) is 4.57 Å². The van der Waals surface area contributed by atoms with Gasteiger partial charge >= 0.3 is 0 Å². The molecular weight excluding hydrogens is 587 g/mol. The third kappa shape index (κ3) is 3.95. The van der Waals surface area contributed by atoms with Crippen LogP contribution in [0.15, 0.2) is 127 Å². The van der Waals surface area contributed by atoms with Crippen LogP contribution in [0.5, 0.6) is 0 Å². The summed E-state index contributed by atoms with van der Waals surface area (Å²) in [6.45, 7) is 0. The number of quaternary nitrogens is 1. The number of thiophene rings is 2. The monoisotopic (exact) mass is 614 g/mol. The summed E-state index contributed by atoms with van der Waals surface area (Å²) in [4.78, 5) is 0. The summed E-state index contributed by atoms with van der Waals surface area (Å²) < 4.78 is 6.18. The molecule has 0 radical (unpaired) electrons. The number of para-hydroxylation sites is 1. The highest BCUT2D eigenvalue weighted by atomic mass is 32.1. The van der Waals surface area contributed by atoms with Gasteiger partial charge in [-0.3, -0.25) is 0 Å². The second kappa shape index (κ2) is 10.2. The van der Waals surface area contributed by atoms with Crippen LogP contribution in [0.2, 0.25) is 0 Å². The van der Waals surface area contributed by atoms with Gasteiger partial charge < -0.3 is 15.3 Å². The lowest BCUT2D eigenvalue weighted by atomic mass is 9.85. The third-order valence-corrected chi connectivity index (χ3v) is 11.2. The van der Waals surface area contributed by atoms with Crippen molar-refractivity contribution in [2.45, 2.75) is 0 Å². The summed E-state index contributed by atoms with van der Waals surface area (Å²) in [6, 6.07) is 39.9. The van der Waals surface area contributed by atoms with Gasteiger partial charge in [0.05, 0.1) is 18.1 Å². The molecule has 0 unspecified atom stereocenters. The highest BCUT2D eigenvalue weighted by Crippen LogP contribution is 2.48. The van der Waals surface area contributed by atoms with Gasteiger partial charge in [-0.25, -0.2) is 0 Å². The van der Waals surface area contributed by atoms with E-state index in [1.807, 2.05) is 17.4 Å². The van der Waals surface area contributed by atoms with E-state index in [1.165, 1.54) is 85.6 Å². The third-order valence-electron chi connectivity index (χ3n) is 9.07. The summed E-state index contributed by atoms with van der Waals surface area (Å²) in [7, 11) is 2.08. The molecule has 0 saturated carbocycles. The van der Waals surface area contributed by atoms with Gasteiger partial charge in [0.15, 0.2) is 0 Å². The van der Waals surface area contributed by atoms with E-state index in [-0.39, 0.29) is 0 Å². The summed E-state index contributed by atoms with van der Waals surface area (Å²) in [5, 5.41) is 22.6. The fourth-order valence-corrected chi connectivity index (χ4v) is 9.14. The van der Waals surface area contributed by atoms with E-state index in [0.717, 1.165) is 11.4 Å². The van der Waals surface area contributed by atoms with Crippen LogP contribution in [0.4, 0.5) is 0 Å². The minimum Gasteiger partial charge on any atom is -0.317 e. The quantitative estimate of drug-likeness (QED) is 0.143. The molecule has 0 spiro atoms. The molecule has 45 heavy (non-hydrogen) atoms. The summed E-state index contributed by atoms with van der Waals surface area (Å²) in [5.74, 6) is 0. The van der Waals surface area contributed by atoms with E-state index in [9.17, 15) is 0 Å². The molecule has 0 amide bonds. The molecule has 3 nitrogen and oxygen atoms in total. The van der Waals surface area contributed by atoms with Crippen molar-refractivity contribution in [2.75, 3.05) is 7.05 Å². The Morgan fingerprint density at radius 2 is 1.44 bits per heavy atom. The first kappa shape index (κ1) is 26.3. The van der Waals surface area contributed by atoms with Gasteiger partial charge in [-0.05, 0) is 81.5 Å². The first-order valence-corrected chi connectivity index (χ1v) is 16.8. The smallest absolute Gasteiger partial charge is 0.139 e. The number of nitrogens with one attached hydrogen (secondary N) is 1. The Balaban J connectivity index is 1.54. The number of aromatic nitrogens is 1. The second-order valence-electron chi connectivity index (χ2n) is 11.4. The maximum atomic E-state index is 8.14. The van der Waals surface area contributed by atoms with E-state index < -0.39 is 0 Å². The number of rotatable bonds is 5. The largest absolute Gasteiger partial charge is 0.317 e. The fraction of sp³-hybridized carbons (Fsp3) is 0.0250. The average Bonchev–Trinajstić information content (AvgIpc) is 3.80. The highest BCUT2D eigenvalue weighted by Gasteiger charge is 2.24. The second-order valence-corrected chi connectivity index (χ2v) is 13.4. The van der Waals surface area contributed by atoms with Gasteiger partial charge in [0.2, 0.25) is 0 Å². The first-order chi connectivity index (χ1) is 22.2. The summed E-state index contributed by atoms with van der Waals surface area (Å²) >= 11 is 3.67. The Kier molecular flexibility index (Phi) is 6.00. The molecule has 9 aromatic rings. The van der Waals surface area contributed by atoms with E-state index in [1.54, 1.807) is 11.3 Å². The van der Waals surface area contributed by atoms with Crippen molar-refractivity contribution in [3.63, 3.8) is 0 Å². The van der Waals surface area contributed by atoms with Crippen LogP contribution in [0.3, 0.4) is 0 Å². The van der Waals surface area contributed by atoms with Crippen molar-refractivity contribution >= 4 is 97.3 Å². The Morgan fingerprint density at radius 1 is 0.689 bits per heavy atom. The lowest BCUT2D eigenvalue weighted by Gasteiger charge is -2.19. The van der Waals surface area contributed by atoms with Crippen molar-refractivity contribution in [3.8, 4) is 16.8 Å². The molecule has 3 N–H and O–H groups in total. The minimum absolute atomic E-state index is 1.05. The first-order valence-electron chi connectivity index (χ1n) is 15.1. The highest BCUT2D eigenvalue weighted by molar-refractivity contribution is 7.25. The van der Waals surface area contributed by atoms with E-state index in [4.69, 9.17) is 5.41 Å². The molecule has 0 aliphatic rings. The van der Waals surface area contributed by atoms with Crippen molar-refractivity contribution in [2.24, 2.45) is 0 Å². The number of nitrogens with zero attached hydrogens (tertiary/aromatic N) is 1. The van der Waals surface area contributed by atoms with Crippen molar-refractivity contribution < 1.29 is 5.32 Å². The zero-order valence-corrected chi connectivity index (χ0v) is 26.2.